The number of urea groups is 1. The fourth-order valence-corrected chi connectivity index (χ4v) is 4.60. The highest BCUT2D eigenvalue weighted by atomic mass is 19.1. The Morgan fingerprint density at radius 2 is 1.86 bits per heavy atom. The van der Waals surface area contributed by atoms with E-state index in [2.05, 4.69) is 11.2 Å². The van der Waals surface area contributed by atoms with Crippen molar-refractivity contribution in [2.45, 2.75) is 32.3 Å². The Bertz CT molecular complexity index is 1150. The molecule has 4 rings (SSSR count). The molecule has 4 amide bonds. The van der Waals surface area contributed by atoms with Gasteiger partial charge < -0.3 is 19.9 Å². The number of carbonyl (C=O) groups excluding carboxylic acids is 3. The van der Waals surface area contributed by atoms with Crippen LogP contribution in [0.1, 0.15) is 18.1 Å². The van der Waals surface area contributed by atoms with Crippen LogP contribution in [-0.2, 0) is 27.5 Å². The van der Waals surface area contributed by atoms with Crippen LogP contribution in [0.5, 0.6) is 0 Å². The van der Waals surface area contributed by atoms with E-state index in [1.807, 2.05) is 30.3 Å². The fraction of sp³-hybridized carbons (Fsp3) is 0.370. The van der Waals surface area contributed by atoms with Crippen LogP contribution in [0.15, 0.2) is 54.6 Å². The fourth-order valence-electron chi connectivity index (χ4n) is 4.60. The number of ether oxygens (including phenoxy) is 1. The second-order valence-electron chi connectivity index (χ2n) is 8.94. The molecule has 0 radical (unpaired) electrons. The molecule has 2 heterocycles. The Labute approximate surface area is 215 Å². The molecule has 0 bridgehead atoms. The number of hydrazine groups is 1. The summed E-state index contributed by atoms with van der Waals surface area (Å²) in [5.74, 6) is 1.71. The smallest absolute Gasteiger partial charge is 0.334 e. The molecule has 1 N–H and O–H groups in total. The van der Waals surface area contributed by atoms with Gasteiger partial charge in [-0.3, -0.25) is 9.59 Å². The first-order valence-corrected chi connectivity index (χ1v) is 12.1. The van der Waals surface area contributed by atoms with Gasteiger partial charge in [0.2, 0.25) is 11.8 Å². The Morgan fingerprint density at radius 3 is 2.57 bits per heavy atom. The number of hydrogen-bond acceptors (Lipinski definition) is 5. The number of fused-ring (bicyclic) bond motifs is 1. The monoisotopic (exact) mass is 507 g/mol. The first-order chi connectivity index (χ1) is 17.9. The van der Waals surface area contributed by atoms with E-state index in [1.54, 1.807) is 24.0 Å². The molecule has 37 heavy (non-hydrogen) atoms. The van der Waals surface area contributed by atoms with Crippen molar-refractivity contribution < 1.29 is 23.5 Å². The van der Waals surface area contributed by atoms with Crippen molar-refractivity contribution in [3.05, 3.63) is 71.5 Å². The largest absolute Gasteiger partial charge is 0.375 e. The Balaban J connectivity index is 1.45. The van der Waals surface area contributed by atoms with Crippen LogP contribution in [0.3, 0.4) is 0 Å². The summed E-state index contributed by atoms with van der Waals surface area (Å²) in [6, 6.07) is 14.3. The number of benzene rings is 2. The summed E-state index contributed by atoms with van der Waals surface area (Å²) in [5, 5.41) is 5.90. The summed E-state index contributed by atoms with van der Waals surface area (Å²) >= 11 is 0. The predicted molar refractivity (Wildman–Crippen MR) is 134 cm³/mol. The van der Waals surface area contributed by atoms with Gasteiger partial charge in [-0.1, -0.05) is 48.4 Å². The SMILES string of the molecule is C#CCN1CC(=O)N2[C@@H](C)C(=O)N(CCOCc3ccc(F)cc3)C[C@@H]2N1C(=O)NCc1ccccc1. The van der Waals surface area contributed by atoms with E-state index in [4.69, 9.17) is 11.2 Å². The minimum atomic E-state index is -0.749. The van der Waals surface area contributed by atoms with Crippen molar-refractivity contribution in [2.24, 2.45) is 0 Å². The first-order valence-electron chi connectivity index (χ1n) is 12.1. The zero-order valence-corrected chi connectivity index (χ0v) is 20.7. The van der Waals surface area contributed by atoms with E-state index in [1.165, 1.54) is 27.1 Å². The minimum Gasteiger partial charge on any atom is -0.375 e. The van der Waals surface area contributed by atoms with Gasteiger partial charge in [0.1, 0.15) is 18.0 Å². The molecular formula is C27H30FN5O4. The molecule has 194 valence electrons. The number of nitrogens with zero attached hydrogens (tertiary/aromatic N) is 4. The predicted octanol–water partition coefficient (Wildman–Crippen LogP) is 1.80. The zero-order valence-electron chi connectivity index (χ0n) is 20.7. The molecule has 0 saturated carbocycles. The van der Waals surface area contributed by atoms with E-state index in [-0.39, 0.29) is 57.0 Å². The third kappa shape index (κ3) is 6.07. The van der Waals surface area contributed by atoms with Gasteiger partial charge in [0.15, 0.2) is 0 Å². The van der Waals surface area contributed by atoms with Crippen LogP contribution in [0, 0.1) is 18.2 Å². The van der Waals surface area contributed by atoms with Gasteiger partial charge >= 0.3 is 6.03 Å². The van der Waals surface area contributed by atoms with Crippen LogP contribution < -0.4 is 5.32 Å². The molecule has 0 aromatic heterocycles. The zero-order chi connectivity index (χ0) is 26.4. The lowest BCUT2D eigenvalue weighted by molar-refractivity contribution is -0.188. The molecule has 2 fully saturated rings. The molecule has 2 aromatic rings. The molecule has 0 unspecified atom stereocenters. The molecule has 0 aliphatic carbocycles. The molecule has 2 aromatic carbocycles. The first kappa shape index (κ1) is 26.1. The lowest BCUT2D eigenvalue weighted by Gasteiger charge is -2.54. The van der Waals surface area contributed by atoms with Crippen LogP contribution in [-0.4, -0.2) is 82.7 Å². The summed E-state index contributed by atoms with van der Waals surface area (Å²) in [4.78, 5) is 42.5. The third-order valence-electron chi connectivity index (χ3n) is 6.44. The van der Waals surface area contributed by atoms with E-state index in [9.17, 15) is 18.8 Å². The van der Waals surface area contributed by atoms with Gasteiger partial charge in [0.05, 0.1) is 32.8 Å². The molecule has 2 atom stereocenters. The molecule has 9 nitrogen and oxygen atoms in total. The number of terminal acetylenes is 1. The van der Waals surface area contributed by atoms with Gasteiger partial charge in [-0.05, 0) is 30.2 Å². The number of piperazine rings is 1. The molecule has 2 saturated heterocycles. The summed E-state index contributed by atoms with van der Waals surface area (Å²) in [6.45, 7) is 2.84. The normalized spacial score (nSPS) is 20.0. The van der Waals surface area contributed by atoms with Crippen molar-refractivity contribution >= 4 is 17.8 Å². The second kappa shape index (κ2) is 11.9. The Hall–Kier alpha value is -3.94. The number of rotatable bonds is 8. The lowest BCUT2D eigenvalue weighted by atomic mass is 10.1. The minimum absolute atomic E-state index is 0.0674. The summed E-state index contributed by atoms with van der Waals surface area (Å²) in [7, 11) is 0. The van der Waals surface area contributed by atoms with Gasteiger partial charge in [-0.2, -0.15) is 5.01 Å². The van der Waals surface area contributed by atoms with Gasteiger partial charge in [-0.25, -0.2) is 14.2 Å². The van der Waals surface area contributed by atoms with Gasteiger partial charge in [0, 0.05) is 13.1 Å². The summed E-state index contributed by atoms with van der Waals surface area (Å²) in [5.41, 5.74) is 1.74. The summed E-state index contributed by atoms with van der Waals surface area (Å²) in [6.07, 6.45) is 4.82. The topological polar surface area (TPSA) is 85.4 Å². The maximum atomic E-state index is 13.4. The van der Waals surface area contributed by atoms with Crippen LogP contribution in [0.25, 0.3) is 0 Å². The highest BCUT2D eigenvalue weighted by Gasteiger charge is 2.49. The number of halogens is 1. The van der Waals surface area contributed by atoms with Crippen molar-refractivity contribution in [3.63, 3.8) is 0 Å². The van der Waals surface area contributed by atoms with E-state index in [0.717, 1.165) is 11.1 Å². The molecule has 2 aliphatic heterocycles. The summed E-state index contributed by atoms with van der Waals surface area (Å²) < 4.78 is 18.8. The Morgan fingerprint density at radius 1 is 1.14 bits per heavy atom. The van der Waals surface area contributed by atoms with Crippen molar-refractivity contribution in [1.29, 1.82) is 0 Å². The van der Waals surface area contributed by atoms with E-state index in [0.29, 0.717) is 6.54 Å². The number of hydrogen-bond donors (Lipinski definition) is 1. The quantitative estimate of drug-likeness (QED) is 0.435. The number of amides is 4. The molecule has 10 heteroatoms. The third-order valence-corrected chi connectivity index (χ3v) is 6.44. The van der Waals surface area contributed by atoms with Gasteiger partial charge in [-0.15, -0.1) is 6.42 Å². The van der Waals surface area contributed by atoms with Crippen LogP contribution in [0.2, 0.25) is 0 Å². The maximum Gasteiger partial charge on any atom is 0.334 e. The van der Waals surface area contributed by atoms with Crippen molar-refractivity contribution in [1.82, 2.24) is 25.1 Å². The van der Waals surface area contributed by atoms with Crippen LogP contribution >= 0.6 is 0 Å². The standard InChI is InChI=1S/C27H30FN5O4/c1-3-13-31-18-25(34)32-20(2)26(35)30(14-15-37-19-22-9-11-23(28)12-10-22)17-24(32)33(31)27(36)29-16-21-7-5-4-6-8-21/h1,4-12,20,24H,13-19H2,2H3,(H,29,36)/t20-,24-/m0/s1. The highest BCUT2D eigenvalue weighted by molar-refractivity contribution is 5.91. The maximum absolute atomic E-state index is 13.4. The van der Waals surface area contributed by atoms with Crippen LogP contribution in [0.4, 0.5) is 9.18 Å². The number of nitrogens with one attached hydrogen (secondary N) is 1. The molecule has 2 aliphatic rings. The van der Waals surface area contributed by atoms with Crippen molar-refractivity contribution in [3.8, 4) is 12.3 Å². The van der Waals surface area contributed by atoms with E-state index >= 15 is 0 Å². The Kier molecular flexibility index (Phi) is 8.38. The lowest BCUT2D eigenvalue weighted by Crippen LogP contribution is -2.76. The second-order valence-corrected chi connectivity index (χ2v) is 8.94. The average molecular weight is 508 g/mol. The van der Waals surface area contributed by atoms with Gasteiger partial charge in [0.25, 0.3) is 0 Å². The van der Waals surface area contributed by atoms with Crippen molar-refractivity contribution in [2.75, 3.05) is 32.8 Å². The van der Waals surface area contributed by atoms with E-state index < -0.39 is 18.2 Å². The average Bonchev–Trinajstić information content (AvgIpc) is 2.89. The highest BCUT2D eigenvalue weighted by Crippen LogP contribution is 2.26. The molecule has 0 spiro atoms. The molecular weight excluding hydrogens is 477 g/mol. The number of carbonyl (C=O) groups is 3.